The van der Waals surface area contributed by atoms with Crippen LogP contribution in [0.15, 0.2) is 36.7 Å². The van der Waals surface area contributed by atoms with Crippen molar-refractivity contribution in [3.63, 3.8) is 0 Å². The van der Waals surface area contributed by atoms with Gasteiger partial charge in [0.2, 0.25) is 5.91 Å². The van der Waals surface area contributed by atoms with Crippen LogP contribution in [0.4, 0.5) is 5.13 Å². The summed E-state index contributed by atoms with van der Waals surface area (Å²) in [5, 5.41) is 10.3. The van der Waals surface area contributed by atoms with Gasteiger partial charge in [-0.1, -0.05) is 17.4 Å². The highest BCUT2D eigenvalue weighted by molar-refractivity contribution is 7.19. The highest BCUT2D eigenvalue weighted by Crippen LogP contribution is 2.32. The molecule has 0 spiro atoms. The van der Waals surface area contributed by atoms with Crippen LogP contribution in [0, 0.1) is 12.3 Å². The Kier molecular flexibility index (Phi) is 7.57. The third-order valence-electron chi connectivity index (χ3n) is 4.21. The van der Waals surface area contributed by atoms with Crippen molar-refractivity contribution in [2.75, 3.05) is 31.6 Å². The van der Waals surface area contributed by atoms with Gasteiger partial charge in [-0.05, 0) is 25.1 Å². The molecule has 0 aromatic carbocycles. The first-order chi connectivity index (χ1) is 14.9. The first-order valence-electron chi connectivity index (χ1n) is 9.60. The van der Waals surface area contributed by atoms with Crippen LogP contribution in [-0.4, -0.2) is 63.0 Å². The van der Waals surface area contributed by atoms with Crippen LogP contribution in [0.2, 0.25) is 0 Å². The number of carbonyl (C=O) groups is 1. The number of nitrogens with two attached hydrogens (primary N) is 1. The lowest BCUT2D eigenvalue weighted by atomic mass is 10.2. The number of nitrogens with one attached hydrogen (secondary N) is 2. The van der Waals surface area contributed by atoms with Crippen LogP contribution in [0.5, 0.6) is 0 Å². The number of amides is 1. The number of nitrogens with zero attached hydrogens (tertiary/aromatic N) is 5. The van der Waals surface area contributed by atoms with E-state index in [0.717, 1.165) is 29.4 Å². The Morgan fingerprint density at radius 2 is 1.94 bits per heavy atom. The molecule has 3 aromatic rings. The number of carbonyl (C=O) groups excluding carboxylic acids is 1. The molecule has 1 aliphatic heterocycles. The molecule has 0 atom stereocenters. The summed E-state index contributed by atoms with van der Waals surface area (Å²) in [6.45, 7) is 6.25. The number of anilines is 1. The molecule has 4 heterocycles. The van der Waals surface area contributed by atoms with E-state index in [2.05, 4.69) is 25.3 Å². The number of aryl methyl sites for hydroxylation is 1. The Labute approximate surface area is 184 Å². The predicted octanol–water partition coefficient (Wildman–Crippen LogP) is 2.14. The van der Waals surface area contributed by atoms with Gasteiger partial charge in [-0.2, -0.15) is 0 Å². The second kappa shape index (κ2) is 10.5. The van der Waals surface area contributed by atoms with E-state index in [1.807, 2.05) is 31.2 Å². The maximum absolute atomic E-state index is 11.1. The number of hydrogen-bond donors (Lipinski definition) is 3. The van der Waals surface area contributed by atoms with Crippen molar-refractivity contribution in [2.45, 2.75) is 13.8 Å². The Morgan fingerprint density at radius 3 is 2.55 bits per heavy atom. The molecule has 31 heavy (non-hydrogen) atoms. The van der Waals surface area contributed by atoms with E-state index >= 15 is 0 Å². The van der Waals surface area contributed by atoms with Gasteiger partial charge in [0.1, 0.15) is 5.69 Å². The van der Waals surface area contributed by atoms with Crippen molar-refractivity contribution in [3.05, 3.63) is 42.4 Å². The summed E-state index contributed by atoms with van der Waals surface area (Å²) in [6.07, 6.45) is 3.40. The molecule has 3 aromatic heterocycles. The number of pyridine rings is 1. The van der Waals surface area contributed by atoms with E-state index in [9.17, 15) is 4.79 Å². The van der Waals surface area contributed by atoms with E-state index < -0.39 is 0 Å². The van der Waals surface area contributed by atoms with Crippen LogP contribution >= 0.6 is 11.3 Å². The molecule has 0 bridgehead atoms. The first-order valence-corrected chi connectivity index (χ1v) is 10.4. The Bertz CT molecular complexity index is 1030. The number of thiazole rings is 1. The normalized spacial score (nSPS) is 13.2. The van der Waals surface area contributed by atoms with E-state index in [1.54, 1.807) is 17.3 Å². The van der Waals surface area contributed by atoms with Gasteiger partial charge in [-0.3, -0.25) is 15.2 Å². The van der Waals surface area contributed by atoms with Crippen LogP contribution in [0.25, 0.3) is 22.1 Å². The minimum absolute atomic E-state index is 0.142. The van der Waals surface area contributed by atoms with Crippen molar-refractivity contribution < 1.29 is 9.53 Å². The highest BCUT2D eigenvalue weighted by atomic mass is 32.1. The fourth-order valence-corrected chi connectivity index (χ4v) is 3.73. The highest BCUT2D eigenvalue weighted by Gasteiger charge is 2.13. The largest absolute Gasteiger partial charge is 0.378 e. The molecule has 162 valence electrons. The zero-order valence-corrected chi connectivity index (χ0v) is 18.1. The molecular formula is C20H24N8O2S. The summed E-state index contributed by atoms with van der Waals surface area (Å²) in [5.74, 6) is 0.572. The lowest BCUT2D eigenvalue weighted by Gasteiger charge is -2.26. The number of hydrogen-bond acceptors (Lipinski definition) is 8. The molecular weight excluding hydrogens is 416 g/mol. The van der Waals surface area contributed by atoms with Gasteiger partial charge >= 0.3 is 0 Å². The lowest BCUT2D eigenvalue weighted by Crippen LogP contribution is -2.44. The molecule has 4 rings (SSSR count). The molecule has 1 fully saturated rings. The Morgan fingerprint density at radius 1 is 1.16 bits per heavy atom. The maximum Gasteiger partial charge on any atom is 0.223 e. The van der Waals surface area contributed by atoms with Crippen LogP contribution in [0.3, 0.4) is 0 Å². The fourth-order valence-electron chi connectivity index (χ4n) is 2.75. The second-order valence-electron chi connectivity index (χ2n) is 6.58. The molecule has 0 unspecified atom stereocenters. The van der Waals surface area contributed by atoms with E-state index in [1.165, 1.54) is 18.3 Å². The predicted molar refractivity (Wildman–Crippen MR) is 120 cm³/mol. The van der Waals surface area contributed by atoms with E-state index in [-0.39, 0.29) is 11.9 Å². The topological polar surface area (TPSA) is 143 Å². The molecule has 11 heteroatoms. The number of guanidine groups is 1. The average Bonchev–Trinajstić information content (AvgIpc) is 3.15. The van der Waals surface area contributed by atoms with Crippen LogP contribution < -0.4 is 11.1 Å². The molecule has 0 saturated carbocycles. The molecule has 1 amide bonds. The summed E-state index contributed by atoms with van der Waals surface area (Å²) in [7, 11) is 0. The lowest BCUT2D eigenvalue weighted by molar-refractivity contribution is -0.114. The molecule has 0 aliphatic carbocycles. The zero-order valence-electron chi connectivity index (χ0n) is 17.3. The van der Waals surface area contributed by atoms with Gasteiger partial charge in [0.05, 0.1) is 29.5 Å². The third-order valence-corrected chi connectivity index (χ3v) is 5.31. The minimum Gasteiger partial charge on any atom is -0.378 e. The summed E-state index contributed by atoms with van der Waals surface area (Å²) >= 11 is 1.39. The van der Waals surface area contributed by atoms with Crippen LogP contribution in [0.1, 0.15) is 12.6 Å². The molecule has 10 nitrogen and oxygen atoms in total. The SMILES string of the molecule is CC(=O)Nc1nc(C)c(-c2ccnc(-c3ccccn3)n2)s1.N=C(N)N1CCOCC1. The van der Waals surface area contributed by atoms with Gasteiger partial charge in [0, 0.05) is 32.4 Å². The smallest absolute Gasteiger partial charge is 0.223 e. The third kappa shape index (κ3) is 6.27. The molecule has 4 N–H and O–H groups in total. The summed E-state index contributed by atoms with van der Waals surface area (Å²) < 4.78 is 5.06. The summed E-state index contributed by atoms with van der Waals surface area (Å²) in [6, 6.07) is 7.43. The van der Waals surface area contributed by atoms with E-state index in [4.69, 9.17) is 15.9 Å². The van der Waals surface area contributed by atoms with Crippen molar-refractivity contribution in [3.8, 4) is 22.1 Å². The minimum atomic E-state index is -0.142. The Hall–Kier alpha value is -3.44. The molecule has 0 radical (unpaired) electrons. The maximum atomic E-state index is 11.1. The van der Waals surface area contributed by atoms with Crippen molar-refractivity contribution in [1.82, 2.24) is 24.8 Å². The fraction of sp³-hybridized carbons (Fsp3) is 0.300. The number of ether oxygens (including phenoxy) is 1. The zero-order chi connectivity index (χ0) is 22.2. The van der Waals surface area contributed by atoms with Crippen molar-refractivity contribution in [1.29, 1.82) is 5.41 Å². The number of morpholine rings is 1. The summed E-state index contributed by atoms with van der Waals surface area (Å²) in [5.41, 5.74) is 7.52. The number of rotatable bonds is 3. The van der Waals surface area contributed by atoms with Gasteiger partial charge in [-0.25, -0.2) is 15.0 Å². The van der Waals surface area contributed by atoms with Crippen LogP contribution in [-0.2, 0) is 9.53 Å². The van der Waals surface area contributed by atoms with E-state index in [0.29, 0.717) is 29.9 Å². The second-order valence-corrected chi connectivity index (χ2v) is 7.58. The van der Waals surface area contributed by atoms with Gasteiger partial charge in [-0.15, -0.1) is 0 Å². The van der Waals surface area contributed by atoms with Gasteiger partial charge in [0.15, 0.2) is 16.9 Å². The quantitative estimate of drug-likeness (QED) is 0.415. The monoisotopic (exact) mass is 440 g/mol. The summed E-state index contributed by atoms with van der Waals surface area (Å²) in [4.78, 5) is 31.2. The Balaban J connectivity index is 0.000000254. The van der Waals surface area contributed by atoms with Gasteiger partial charge in [0.25, 0.3) is 0 Å². The van der Waals surface area contributed by atoms with Gasteiger partial charge < -0.3 is 20.7 Å². The van der Waals surface area contributed by atoms with Crippen molar-refractivity contribution >= 4 is 28.3 Å². The molecule has 1 aliphatic rings. The molecule has 1 saturated heterocycles. The van der Waals surface area contributed by atoms with Crippen molar-refractivity contribution in [2.24, 2.45) is 5.73 Å². The average molecular weight is 441 g/mol. The first kappa shape index (κ1) is 22.2. The number of aromatic nitrogens is 4. The standard InChI is InChI=1S/C15H13N5OS.C5H11N3O/c1-9-13(22-15(18-9)19-10(2)21)11-6-8-17-14(20-11)12-5-3-4-7-16-12;6-5(7)8-1-3-9-4-2-8/h3-8H,1-2H3,(H,18,19,21);1-4H2,(H3,6,7).